The second-order valence-electron chi connectivity index (χ2n) is 7.32. The number of fused-ring (bicyclic) bond motifs is 1. The number of anilines is 1. The normalized spacial score (nSPS) is 11.2. The van der Waals surface area contributed by atoms with E-state index >= 15 is 0 Å². The van der Waals surface area contributed by atoms with Crippen LogP contribution in [0, 0.1) is 0 Å². The Morgan fingerprint density at radius 1 is 0.971 bits per heavy atom. The lowest BCUT2D eigenvalue weighted by atomic mass is 10.2. The summed E-state index contributed by atoms with van der Waals surface area (Å²) in [5.41, 5.74) is 3.19. The highest BCUT2D eigenvalue weighted by atomic mass is 35.5. The zero-order valence-electron chi connectivity index (χ0n) is 17.8. The molecule has 0 aliphatic rings. The minimum absolute atomic E-state index is 0.234. The zero-order chi connectivity index (χ0) is 23.3. The van der Waals surface area contributed by atoms with E-state index in [2.05, 4.69) is 25.5 Å². The van der Waals surface area contributed by atoms with Gasteiger partial charge in [0.15, 0.2) is 0 Å². The third-order valence-corrected chi connectivity index (χ3v) is 6.28. The Morgan fingerprint density at radius 3 is 2.68 bits per heavy atom. The summed E-state index contributed by atoms with van der Waals surface area (Å²) >= 11 is 7.39. The van der Waals surface area contributed by atoms with Gasteiger partial charge < -0.3 is 5.32 Å². The molecule has 0 unspecified atom stereocenters. The molecule has 1 amide bonds. The van der Waals surface area contributed by atoms with Gasteiger partial charge in [-0.1, -0.05) is 41.6 Å². The number of carbonyl (C=O) groups excluding carboxylic acids is 1. The lowest BCUT2D eigenvalue weighted by Crippen LogP contribution is -2.13. The van der Waals surface area contributed by atoms with Gasteiger partial charge in [0, 0.05) is 27.6 Å². The van der Waals surface area contributed by atoms with E-state index in [9.17, 15) is 4.79 Å². The van der Waals surface area contributed by atoms with Gasteiger partial charge in [-0.15, -0.1) is 0 Å². The number of aromatic amines is 1. The van der Waals surface area contributed by atoms with Crippen LogP contribution in [0.2, 0.25) is 5.02 Å². The highest BCUT2D eigenvalue weighted by Gasteiger charge is 2.14. The standard InChI is InChI=1S/C26H18ClN5OS/c27-17-8-13-25(29-16-17)30-26(33)21-6-1-2-7-24(21)34-19-10-11-20-22(31-32-23(20)15-19)12-9-18-5-3-4-14-28-18/h1-16H,(H,31,32)(H,29,30,33)/b12-9+. The van der Waals surface area contributed by atoms with E-state index in [0.29, 0.717) is 16.4 Å². The molecule has 0 saturated carbocycles. The van der Waals surface area contributed by atoms with Gasteiger partial charge in [0.25, 0.3) is 5.91 Å². The molecule has 0 aliphatic carbocycles. The van der Waals surface area contributed by atoms with Crippen LogP contribution in [0.5, 0.6) is 0 Å². The zero-order valence-corrected chi connectivity index (χ0v) is 19.3. The van der Waals surface area contributed by atoms with Gasteiger partial charge in [0.2, 0.25) is 0 Å². The highest BCUT2D eigenvalue weighted by molar-refractivity contribution is 7.99. The van der Waals surface area contributed by atoms with Gasteiger partial charge in [-0.25, -0.2) is 4.98 Å². The van der Waals surface area contributed by atoms with E-state index in [1.165, 1.54) is 18.0 Å². The number of nitrogens with one attached hydrogen (secondary N) is 2. The number of hydrogen-bond acceptors (Lipinski definition) is 5. The van der Waals surface area contributed by atoms with Gasteiger partial charge in [-0.2, -0.15) is 5.10 Å². The van der Waals surface area contributed by atoms with Crippen molar-refractivity contribution in [2.75, 3.05) is 5.32 Å². The monoisotopic (exact) mass is 483 g/mol. The summed E-state index contributed by atoms with van der Waals surface area (Å²) in [4.78, 5) is 23.2. The molecule has 3 aromatic heterocycles. The molecule has 5 aromatic rings. The second-order valence-corrected chi connectivity index (χ2v) is 8.87. The summed E-state index contributed by atoms with van der Waals surface area (Å²) in [6.45, 7) is 0. The number of hydrogen-bond donors (Lipinski definition) is 2. The minimum atomic E-state index is -0.234. The van der Waals surface area contributed by atoms with E-state index in [1.807, 2.05) is 66.7 Å². The summed E-state index contributed by atoms with van der Waals surface area (Å²) in [5.74, 6) is 0.210. The van der Waals surface area contributed by atoms with Crippen molar-refractivity contribution in [1.29, 1.82) is 0 Å². The van der Waals surface area contributed by atoms with Gasteiger partial charge in [0.05, 0.1) is 27.5 Å². The third kappa shape index (κ3) is 5.01. The van der Waals surface area contributed by atoms with E-state index in [0.717, 1.165) is 32.1 Å². The summed E-state index contributed by atoms with van der Waals surface area (Å²) in [5, 5.41) is 11.9. The number of aromatic nitrogens is 4. The average Bonchev–Trinajstić information content (AvgIpc) is 3.27. The van der Waals surface area contributed by atoms with Crippen molar-refractivity contribution in [3.8, 4) is 0 Å². The van der Waals surface area contributed by atoms with E-state index < -0.39 is 0 Å². The van der Waals surface area contributed by atoms with Crippen molar-refractivity contribution in [1.82, 2.24) is 20.2 Å². The van der Waals surface area contributed by atoms with Gasteiger partial charge >= 0.3 is 0 Å². The molecule has 5 rings (SSSR count). The highest BCUT2D eigenvalue weighted by Crippen LogP contribution is 2.33. The maximum absolute atomic E-state index is 12.9. The molecule has 0 spiro atoms. The van der Waals surface area contributed by atoms with Crippen LogP contribution in [0.1, 0.15) is 21.7 Å². The molecule has 0 saturated heterocycles. The molecule has 2 aromatic carbocycles. The first-order chi connectivity index (χ1) is 16.7. The third-order valence-electron chi connectivity index (χ3n) is 4.99. The van der Waals surface area contributed by atoms with Crippen LogP contribution in [0.25, 0.3) is 23.1 Å². The molecule has 166 valence electrons. The Balaban J connectivity index is 1.36. The number of nitrogens with zero attached hydrogens (tertiary/aromatic N) is 3. The van der Waals surface area contributed by atoms with Crippen molar-refractivity contribution < 1.29 is 4.79 Å². The molecule has 2 N–H and O–H groups in total. The fourth-order valence-electron chi connectivity index (χ4n) is 3.35. The van der Waals surface area contributed by atoms with Crippen molar-refractivity contribution in [2.24, 2.45) is 0 Å². The smallest absolute Gasteiger partial charge is 0.257 e. The molecular formula is C26H18ClN5OS. The summed E-state index contributed by atoms with van der Waals surface area (Å²) in [6, 6.07) is 22.7. The van der Waals surface area contributed by atoms with Crippen LogP contribution >= 0.6 is 23.4 Å². The summed E-state index contributed by atoms with van der Waals surface area (Å²) in [7, 11) is 0. The Labute approximate surface area is 205 Å². The number of benzene rings is 2. The Kier molecular flexibility index (Phi) is 6.38. The quantitative estimate of drug-likeness (QED) is 0.285. The fourth-order valence-corrected chi connectivity index (χ4v) is 4.45. The molecular weight excluding hydrogens is 466 g/mol. The maximum atomic E-state index is 12.9. The number of pyridine rings is 2. The number of amides is 1. The SMILES string of the molecule is O=C(Nc1ccc(Cl)cn1)c1ccccc1Sc1ccc2c(/C=C/c3ccccn3)n[nH]c2c1. The average molecular weight is 484 g/mol. The van der Waals surface area contributed by atoms with Crippen molar-refractivity contribution >= 4 is 58.1 Å². The van der Waals surface area contributed by atoms with Gasteiger partial charge in [-0.05, 0) is 66.7 Å². The van der Waals surface area contributed by atoms with Gasteiger partial charge in [0.1, 0.15) is 5.82 Å². The molecule has 6 nitrogen and oxygen atoms in total. The summed E-state index contributed by atoms with van der Waals surface area (Å²) in [6.07, 6.45) is 7.13. The van der Waals surface area contributed by atoms with Crippen LogP contribution < -0.4 is 5.32 Å². The molecule has 0 fully saturated rings. The predicted octanol–water partition coefficient (Wildman–Crippen LogP) is 6.58. The van der Waals surface area contributed by atoms with Crippen LogP contribution in [0.15, 0.2) is 95.0 Å². The molecule has 34 heavy (non-hydrogen) atoms. The van der Waals surface area contributed by atoms with Crippen molar-refractivity contribution in [2.45, 2.75) is 9.79 Å². The number of carbonyl (C=O) groups is 1. The topological polar surface area (TPSA) is 83.6 Å². The maximum Gasteiger partial charge on any atom is 0.257 e. The molecule has 0 atom stereocenters. The van der Waals surface area contributed by atoms with E-state index in [1.54, 1.807) is 24.4 Å². The van der Waals surface area contributed by atoms with E-state index in [4.69, 9.17) is 11.6 Å². The van der Waals surface area contributed by atoms with E-state index in [-0.39, 0.29) is 5.91 Å². The second kappa shape index (κ2) is 9.91. The Hall–Kier alpha value is -3.94. The lowest BCUT2D eigenvalue weighted by Gasteiger charge is -2.10. The largest absolute Gasteiger partial charge is 0.307 e. The summed E-state index contributed by atoms with van der Waals surface area (Å²) < 4.78 is 0. The Bertz CT molecular complexity index is 1480. The first kappa shape index (κ1) is 21.9. The van der Waals surface area contributed by atoms with Crippen LogP contribution in [-0.4, -0.2) is 26.1 Å². The van der Waals surface area contributed by atoms with Crippen LogP contribution in [-0.2, 0) is 0 Å². The van der Waals surface area contributed by atoms with Crippen molar-refractivity contribution in [3.05, 3.63) is 107 Å². The molecule has 8 heteroatoms. The molecule has 0 radical (unpaired) electrons. The first-order valence-corrected chi connectivity index (χ1v) is 11.6. The first-order valence-electron chi connectivity index (χ1n) is 10.4. The number of rotatable bonds is 6. The predicted molar refractivity (Wildman–Crippen MR) is 137 cm³/mol. The molecule has 0 aliphatic heterocycles. The van der Waals surface area contributed by atoms with Crippen molar-refractivity contribution in [3.63, 3.8) is 0 Å². The molecule has 3 heterocycles. The van der Waals surface area contributed by atoms with Crippen LogP contribution in [0.3, 0.4) is 0 Å². The number of halogens is 1. The Morgan fingerprint density at radius 2 is 1.85 bits per heavy atom. The number of H-pyrrole nitrogens is 1. The fraction of sp³-hybridized carbons (Fsp3) is 0. The van der Waals surface area contributed by atoms with Gasteiger partial charge in [-0.3, -0.25) is 14.9 Å². The molecule has 0 bridgehead atoms. The van der Waals surface area contributed by atoms with Crippen LogP contribution in [0.4, 0.5) is 5.82 Å². The minimum Gasteiger partial charge on any atom is -0.307 e. The lowest BCUT2D eigenvalue weighted by molar-refractivity contribution is 0.102.